The van der Waals surface area contributed by atoms with Crippen molar-refractivity contribution in [2.75, 3.05) is 26.4 Å². The summed E-state index contributed by atoms with van der Waals surface area (Å²) in [5, 5.41) is 9.86. The van der Waals surface area contributed by atoms with Crippen LogP contribution in [0.5, 0.6) is 0 Å². The standard InChI is InChI=1S/C70H119O11P/c1-4-7-10-13-16-19-22-25-28-31-33-36-39-42-45-48-51-54-57-60-69(73)80-66(62-71)64-78-82(75,76)79-65-67(63-77-68(72)59-56-53-50-47-44-41-38-35-30-27-24-21-18-15-12-9-6-3)81-70(74)61-58-55-52-49-46-43-40-37-34-32-29-26-23-20-17-14-11-8-5-2/h8,11,16-17,19-20,25-30,33-34,36-37,43,46,66-67,71H,4-7,9-10,12-15,18,21-24,31-32,35,38-42,44-45,47-65H2,1-3H3,(H,75,76)/b11-8-,19-16-,20-17-,28-25-,29-26-,30-27-,36-33-,37-34-,46-43-. The van der Waals surface area contributed by atoms with Crippen LogP contribution in [0, 0.1) is 0 Å². The highest BCUT2D eigenvalue weighted by molar-refractivity contribution is 7.47. The molecule has 2 N–H and O–H groups in total. The maximum absolute atomic E-state index is 13.0. The Hall–Kier alpha value is -3.86. The van der Waals surface area contributed by atoms with Crippen LogP contribution in [0.25, 0.3) is 0 Å². The Morgan fingerprint density at radius 2 is 0.634 bits per heavy atom. The molecule has 3 unspecified atom stereocenters. The Balaban J connectivity index is 4.77. The summed E-state index contributed by atoms with van der Waals surface area (Å²) in [5.74, 6) is -1.52. The summed E-state index contributed by atoms with van der Waals surface area (Å²) in [5.41, 5.74) is 0. The molecule has 0 saturated heterocycles. The largest absolute Gasteiger partial charge is 0.472 e. The molecule has 0 fully saturated rings. The molecule has 0 aromatic heterocycles. The highest BCUT2D eigenvalue weighted by Crippen LogP contribution is 2.43. The van der Waals surface area contributed by atoms with E-state index in [0.29, 0.717) is 19.3 Å². The van der Waals surface area contributed by atoms with Crippen LogP contribution in [0.1, 0.15) is 278 Å². The minimum absolute atomic E-state index is 0.122. The van der Waals surface area contributed by atoms with Crippen molar-refractivity contribution < 1.29 is 52.2 Å². The van der Waals surface area contributed by atoms with Gasteiger partial charge in [-0.1, -0.05) is 239 Å². The predicted molar refractivity (Wildman–Crippen MR) is 343 cm³/mol. The Morgan fingerprint density at radius 1 is 0.354 bits per heavy atom. The van der Waals surface area contributed by atoms with E-state index in [9.17, 15) is 28.9 Å². The zero-order chi connectivity index (χ0) is 59.8. The molecule has 470 valence electrons. The highest BCUT2D eigenvalue weighted by Gasteiger charge is 2.28. The molecule has 12 heteroatoms. The van der Waals surface area contributed by atoms with Crippen molar-refractivity contribution in [1.29, 1.82) is 0 Å². The number of rotatable bonds is 60. The molecule has 0 bridgehead atoms. The smallest absolute Gasteiger partial charge is 0.462 e. The van der Waals surface area contributed by atoms with Crippen LogP contribution in [-0.2, 0) is 42.2 Å². The number of esters is 3. The molecule has 0 aromatic rings. The molecule has 0 aliphatic rings. The third kappa shape index (κ3) is 60.7. The number of aliphatic hydroxyl groups is 1. The second-order valence-electron chi connectivity index (χ2n) is 21.5. The van der Waals surface area contributed by atoms with Gasteiger partial charge in [-0.3, -0.25) is 23.4 Å². The summed E-state index contributed by atoms with van der Waals surface area (Å²) in [6.07, 6.45) is 77.5. The minimum atomic E-state index is -4.78. The zero-order valence-corrected chi connectivity index (χ0v) is 53.1. The van der Waals surface area contributed by atoms with E-state index in [4.69, 9.17) is 23.3 Å². The molecule has 0 rings (SSSR count). The van der Waals surface area contributed by atoms with Gasteiger partial charge in [0.05, 0.1) is 19.8 Å². The molecule has 0 aromatic carbocycles. The number of carbonyl (C=O) groups is 3. The van der Waals surface area contributed by atoms with E-state index >= 15 is 0 Å². The fourth-order valence-corrected chi connectivity index (χ4v) is 9.46. The van der Waals surface area contributed by atoms with Crippen molar-refractivity contribution in [3.63, 3.8) is 0 Å². The Morgan fingerprint density at radius 3 is 1.02 bits per heavy atom. The van der Waals surface area contributed by atoms with E-state index in [1.807, 2.05) is 0 Å². The maximum atomic E-state index is 13.0. The molecule has 0 radical (unpaired) electrons. The van der Waals surface area contributed by atoms with Crippen LogP contribution in [0.3, 0.4) is 0 Å². The fraction of sp³-hybridized carbons (Fsp3) is 0.700. The minimum Gasteiger partial charge on any atom is -0.462 e. The first-order valence-electron chi connectivity index (χ1n) is 32.8. The quantitative estimate of drug-likeness (QED) is 0.0197. The molecule has 0 aliphatic carbocycles. The lowest BCUT2D eigenvalue weighted by Gasteiger charge is -2.21. The number of aliphatic hydroxyl groups excluding tert-OH is 1. The van der Waals surface area contributed by atoms with Crippen LogP contribution >= 0.6 is 7.82 Å². The highest BCUT2D eigenvalue weighted by atomic mass is 31.2. The molecule has 0 heterocycles. The summed E-state index contributed by atoms with van der Waals surface area (Å²) in [7, 11) is -4.78. The zero-order valence-electron chi connectivity index (χ0n) is 52.2. The molecule has 0 saturated carbocycles. The van der Waals surface area contributed by atoms with Crippen LogP contribution in [0.2, 0.25) is 0 Å². The predicted octanol–water partition coefficient (Wildman–Crippen LogP) is 20.1. The monoisotopic (exact) mass is 1170 g/mol. The van der Waals surface area contributed by atoms with Gasteiger partial charge in [-0.05, 0) is 128 Å². The molecule has 0 spiro atoms. The first-order chi connectivity index (χ1) is 40.2. The Bertz CT molecular complexity index is 1790. The van der Waals surface area contributed by atoms with Crippen molar-refractivity contribution >= 4 is 25.7 Å². The fourth-order valence-electron chi connectivity index (χ4n) is 8.68. The normalized spacial score (nSPS) is 14.0. The summed E-state index contributed by atoms with van der Waals surface area (Å²) < 4.78 is 39.7. The molecule has 3 atom stereocenters. The number of phosphoric acid groups is 1. The van der Waals surface area contributed by atoms with Crippen LogP contribution in [0.15, 0.2) is 109 Å². The summed E-state index contributed by atoms with van der Waals surface area (Å²) in [6.45, 7) is 4.47. The molecule has 0 amide bonds. The van der Waals surface area contributed by atoms with E-state index in [0.717, 1.165) is 128 Å². The number of hydrogen-bond acceptors (Lipinski definition) is 10. The Kier molecular flexibility index (Phi) is 60.2. The van der Waals surface area contributed by atoms with Gasteiger partial charge in [-0.15, -0.1) is 0 Å². The van der Waals surface area contributed by atoms with Gasteiger partial charge in [0.15, 0.2) is 6.10 Å². The van der Waals surface area contributed by atoms with Gasteiger partial charge in [0.25, 0.3) is 0 Å². The van der Waals surface area contributed by atoms with E-state index < -0.39 is 57.8 Å². The SMILES string of the molecule is CC/C=C\C/C=C\C/C=C\C/C=C\C/C=C\CCCCCC(=O)OC(COC(=O)CCCCCCCCC/C=C\CCCCCCCC)COP(=O)(O)OCC(CO)OC(=O)CCCCCCCC/C=C\C/C=C\C/C=C\CCCCC. The van der Waals surface area contributed by atoms with Crippen molar-refractivity contribution in [3.8, 4) is 0 Å². The number of phosphoric ester groups is 1. The average Bonchev–Trinajstić information content (AvgIpc) is 3.50. The van der Waals surface area contributed by atoms with E-state index in [1.165, 1.54) is 89.9 Å². The Labute approximate surface area is 501 Å². The summed E-state index contributed by atoms with van der Waals surface area (Å²) in [6, 6.07) is 0. The molecular weight excluding hydrogens is 1050 g/mol. The van der Waals surface area contributed by atoms with Gasteiger partial charge in [-0.25, -0.2) is 4.57 Å². The first kappa shape index (κ1) is 78.1. The lowest BCUT2D eigenvalue weighted by Crippen LogP contribution is -2.30. The van der Waals surface area contributed by atoms with Crippen LogP contribution in [0.4, 0.5) is 0 Å². The van der Waals surface area contributed by atoms with Crippen molar-refractivity contribution in [1.82, 2.24) is 0 Å². The van der Waals surface area contributed by atoms with E-state index in [-0.39, 0.29) is 25.9 Å². The average molecular weight is 1170 g/mol. The number of allylic oxidation sites excluding steroid dienone is 18. The van der Waals surface area contributed by atoms with Crippen molar-refractivity contribution in [3.05, 3.63) is 109 Å². The number of unbranched alkanes of at least 4 members (excludes halogenated alkanes) is 25. The van der Waals surface area contributed by atoms with Crippen LogP contribution in [-0.4, -0.2) is 66.5 Å². The van der Waals surface area contributed by atoms with Gasteiger partial charge >= 0.3 is 25.7 Å². The lowest BCUT2D eigenvalue weighted by molar-refractivity contribution is -0.161. The second-order valence-corrected chi connectivity index (χ2v) is 23.0. The maximum Gasteiger partial charge on any atom is 0.472 e. The third-order valence-electron chi connectivity index (χ3n) is 13.6. The van der Waals surface area contributed by atoms with Crippen molar-refractivity contribution in [2.24, 2.45) is 0 Å². The third-order valence-corrected chi connectivity index (χ3v) is 14.6. The van der Waals surface area contributed by atoms with Crippen molar-refractivity contribution in [2.45, 2.75) is 290 Å². The summed E-state index contributed by atoms with van der Waals surface area (Å²) in [4.78, 5) is 48.8. The van der Waals surface area contributed by atoms with Gasteiger partial charge in [0.1, 0.15) is 12.7 Å². The van der Waals surface area contributed by atoms with Gasteiger partial charge in [-0.2, -0.15) is 0 Å². The number of ether oxygens (including phenoxy) is 3. The molecule has 0 aliphatic heterocycles. The lowest BCUT2D eigenvalue weighted by atomic mass is 10.1. The van der Waals surface area contributed by atoms with Gasteiger partial charge in [0, 0.05) is 19.3 Å². The van der Waals surface area contributed by atoms with E-state index in [1.54, 1.807) is 0 Å². The number of hydrogen-bond donors (Lipinski definition) is 2. The topological polar surface area (TPSA) is 155 Å². The molecular formula is C70H119O11P. The molecule has 11 nitrogen and oxygen atoms in total. The number of carbonyl (C=O) groups excluding carboxylic acids is 3. The summed E-state index contributed by atoms with van der Waals surface area (Å²) >= 11 is 0. The van der Waals surface area contributed by atoms with Gasteiger partial charge in [0.2, 0.25) is 0 Å². The van der Waals surface area contributed by atoms with E-state index in [2.05, 4.69) is 130 Å². The van der Waals surface area contributed by atoms with Crippen LogP contribution < -0.4 is 0 Å². The first-order valence-corrected chi connectivity index (χ1v) is 34.3. The second kappa shape index (κ2) is 63.2. The molecule has 82 heavy (non-hydrogen) atoms. The van der Waals surface area contributed by atoms with Gasteiger partial charge < -0.3 is 24.2 Å².